The Hall–Kier alpha value is -0.0900. The number of aliphatic hydroxyl groups excluding tert-OH is 1. The van der Waals surface area contributed by atoms with Crippen molar-refractivity contribution in [1.29, 1.82) is 0 Å². The molecule has 16 heavy (non-hydrogen) atoms. The second-order valence-corrected chi connectivity index (χ2v) is 5.52. The summed E-state index contributed by atoms with van der Waals surface area (Å²) in [5.74, 6) is 0.405. The van der Waals surface area contributed by atoms with Crippen LogP contribution in [-0.4, -0.2) is 11.7 Å². The van der Waals surface area contributed by atoms with Crippen LogP contribution in [0.15, 0.2) is 22.7 Å². The van der Waals surface area contributed by atoms with Crippen LogP contribution in [-0.2, 0) is 0 Å². The van der Waals surface area contributed by atoms with Gasteiger partial charge in [-0.25, -0.2) is 0 Å². The van der Waals surface area contributed by atoms with E-state index in [-0.39, 0.29) is 5.92 Å². The lowest BCUT2D eigenvalue weighted by molar-refractivity contribution is 0.0860. The smallest absolute Gasteiger partial charge is 0.0833 e. The molecule has 3 N–H and O–H groups in total. The Bertz CT molecular complexity index is 357. The summed E-state index contributed by atoms with van der Waals surface area (Å²) in [6.07, 6.45) is -0.543. The number of rotatable bonds is 4. The van der Waals surface area contributed by atoms with Gasteiger partial charge in [0.15, 0.2) is 0 Å². The summed E-state index contributed by atoms with van der Waals surface area (Å²) >= 11 is 9.26. The van der Waals surface area contributed by atoms with Crippen LogP contribution in [0.1, 0.15) is 25.5 Å². The van der Waals surface area contributed by atoms with Gasteiger partial charge < -0.3 is 10.8 Å². The minimum atomic E-state index is -0.543. The summed E-state index contributed by atoms with van der Waals surface area (Å²) in [5, 5.41) is 10.9. The Kier molecular flexibility index (Phi) is 5.25. The van der Waals surface area contributed by atoms with Crippen molar-refractivity contribution in [1.82, 2.24) is 0 Å². The maximum absolute atomic E-state index is 10.2. The first-order chi connectivity index (χ1) is 7.47. The third-order valence-electron chi connectivity index (χ3n) is 2.82. The highest BCUT2D eigenvalue weighted by Gasteiger charge is 2.23. The molecule has 2 unspecified atom stereocenters. The fourth-order valence-corrected chi connectivity index (χ4v) is 2.22. The topological polar surface area (TPSA) is 46.2 Å². The van der Waals surface area contributed by atoms with E-state index in [1.165, 1.54) is 0 Å². The molecule has 2 nitrogen and oxygen atoms in total. The molecule has 0 radical (unpaired) electrons. The van der Waals surface area contributed by atoms with Crippen LogP contribution in [0.5, 0.6) is 0 Å². The van der Waals surface area contributed by atoms with Crippen LogP contribution in [0.4, 0.5) is 0 Å². The molecule has 0 fully saturated rings. The summed E-state index contributed by atoms with van der Waals surface area (Å²) in [4.78, 5) is 0. The normalized spacial score (nSPS) is 15.2. The molecule has 0 heterocycles. The average molecular weight is 307 g/mol. The van der Waals surface area contributed by atoms with Gasteiger partial charge in [-0.2, -0.15) is 0 Å². The number of hydrogen-bond acceptors (Lipinski definition) is 2. The maximum atomic E-state index is 10.2. The molecule has 1 rings (SSSR count). The molecule has 0 spiro atoms. The maximum Gasteiger partial charge on any atom is 0.0833 e. The number of nitrogens with two attached hydrogens (primary N) is 1. The largest absolute Gasteiger partial charge is 0.388 e. The van der Waals surface area contributed by atoms with Gasteiger partial charge in [-0.15, -0.1) is 0 Å². The zero-order valence-corrected chi connectivity index (χ0v) is 11.8. The second-order valence-electron chi connectivity index (χ2n) is 4.26. The summed E-state index contributed by atoms with van der Waals surface area (Å²) < 4.78 is 0.797. The number of benzene rings is 1. The van der Waals surface area contributed by atoms with E-state index in [0.717, 1.165) is 10.0 Å². The summed E-state index contributed by atoms with van der Waals surface area (Å²) in [5.41, 5.74) is 6.53. The minimum Gasteiger partial charge on any atom is -0.388 e. The number of hydrogen-bond donors (Lipinski definition) is 2. The molecular weight excluding hydrogens is 289 g/mol. The quantitative estimate of drug-likeness (QED) is 0.896. The molecule has 0 amide bonds. The van der Waals surface area contributed by atoms with Crippen LogP contribution in [0, 0.1) is 11.8 Å². The molecule has 0 saturated carbocycles. The first kappa shape index (κ1) is 14.0. The Morgan fingerprint density at radius 1 is 1.44 bits per heavy atom. The molecule has 0 aliphatic rings. The van der Waals surface area contributed by atoms with Crippen LogP contribution < -0.4 is 5.73 Å². The van der Waals surface area contributed by atoms with Gasteiger partial charge in [-0.05, 0) is 46.1 Å². The third kappa shape index (κ3) is 3.20. The zero-order valence-electron chi connectivity index (χ0n) is 9.45. The van der Waals surface area contributed by atoms with E-state index in [0.29, 0.717) is 17.5 Å². The van der Waals surface area contributed by atoms with E-state index in [1.807, 2.05) is 12.1 Å². The van der Waals surface area contributed by atoms with Gasteiger partial charge in [0.25, 0.3) is 0 Å². The Balaban J connectivity index is 2.94. The second kappa shape index (κ2) is 6.01. The average Bonchev–Trinajstić information content (AvgIpc) is 2.22. The lowest BCUT2D eigenvalue weighted by atomic mass is 9.87. The molecule has 0 aromatic heterocycles. The van der Waals surface area contributed by atoms with Crippen molar-refractivity contribution in [3.8, 4) is 0 Å². The highest BCUT2D eigenvalue weighted by molar-refractivity contribution is 9.10. The summed E-state index contributed by atoms with van der Waals surface area (Å²) in [6.45, 7) is 4.59. The van der Waals surface area contributed by atoms with Gasteiger partial charge >= 0.3 is 0 Å². The van der Waals surface area contributed by atoms with Gasteiger partial charge in [0.05, 0.1) is 11.1 Å². The third-order valence-corrected chi connectivity index (χ3v) is 4.03. The van der Waals surface area contributed by atoms with Crippen molar-refractivity contribution < 1.29 is 5.11 Å². The van der Waals surface area contributed by atoms with E-state index < -0.39 is 6.10 Å². The standard InChI is InChI=1S/C12H17BrClNO/c1-7(2)9(6-15)12(16)8-3-4-11(14)10(13)5-8/h3-5,7,9,12,16H,6,15H2,1-2H3. The number of aliphatic hydroxyl groups is 1. The summed E-state index contributed by atoms with van der Waals surface area (Å²) in [7, 11) is 0. The van der Waals surface area contributed by atoms with Crippen molar-refractivity contribution in [2.45, 2.75) is 20.0 Å². The van der Waals surface area contributed by atoms with E-state index >= 15 is 0 Å². The highest BCUT2D eigenvalue weighted by Crippen LogP contribution is 2.31. The molecule has 0 bridgehead atoms. The van der Waals surface area contributed by atoms with Crippen molar-refractivity contribution >= 4 is 27.5 Å². The Morgan fingerprint density at radius 3 is 2.50 bits per heavy atom. The molecular formula is C12H17BrClNO. The molecule has 0 saturated heterocycles. The van der Waals surface area contributed by atoms with Crippen LogP contribution in [0.25, 0.3) is 0 Å². The molecule has 0 aliphatic heterocycles. The molecule has 2 atom stereocenters. The van der Waals surface area contributed by atoms with Crippen molar-refractivity contribution in [3.63, 3.8) is 0 Å². The van der Waals surface area contributed by atoms with E-state index in [2.05, 4.69) is 29.8 Å². The van der Waals surface area contributed by atoms with Crippen molar-refractivity contribution in [3.05, 3.63) is 33.3 Å². The monoisotopic (exact) mass is 305 g/mol. The van der Waals surface area contributed by atoms with Crippen LogP contribution in [0.2, 0.25) is 5.02 Å². The van der Waals surface area contributed by atoms with E-state index in [9.17, 15) is 5.11 Å². The van der Waals surface area contributed by atoms with Gasteiger partial charge in [0, 0.05) is 10.4 Å². The summed E-state index contributed by atoms with van der Waals surface area (Å²) in [6, 6.07) is 5.46. The highest BCUT2D eigenvalue weighted by atomic mass is 79.9. The predicted molar refractivity (Wildman–Crippen MR) is 71.5 cm³/mol. The predicted octanol–water partition coefficient (Wildman–Crippen LogP) is 3.37. The zero-order chi connectivity index (χ0) is 12.3. The Labute approximate surface area is 110 Å². The van der Waals surface area contributed by atoms with Gasteiger partial charge in [0.1, 0.15) is 0 Å². The molecule has 90 valence electrons. The van der Waals surface area contributed by atoms with Crippen molar-refractivity contribution in [2.75, 3.05) is 6.54 Å². The minimum absolute atomic E-state index is 0.0630. The number of halogens is 2. The fraction of sp³-hybridized carbons (Fsp3) is 0.500. The Morgan fingerprint density at radius 2 is 2.06 bits per heavy atom. The van der Waals surface area contributed by atoms with Crippen molar-refractivity contribution in [2.24, 2.45) is 17.6 Å². The SMILES string of the molecule is CC(C)C(CN)C(O)c1ccc(Cl)c(Br)c1. The van der Waals surface area contributed by atoms with E-state index in [1.54, 1.807) is 6.07 Å². The van der Waals surface area contributed by atoms with E-state index in [4.69, 9.17) is 17.3 Å². The molecule has 1 aromatic rings. The van der Waals surface area contributed by atoms with Crippen LogP contribution >= 0.6 is 27.5 Å². The molecule has 4 heteroatoms. The molecule has 0 aliphatic carbocycles. The van der Waals surface area contributed by atoms with Crippen LogP contribution in [0.3, 0.4) is 0 Å². The molecule has 1 aromatic carbocycles. The van der Waals surface area contributed by atoms with Gasteiger partial charge in [-0.1, -0.05) is 31.5 Å². The fourth-order valence-electron chi connectivity index (χ4n) is 1.71. The first-order valence-corrected chi connectivity index (χ1v) is 6.47. The lowest BCUT2D eigenvalue weighted by Gasteiger charge is -2.25. The van der Waals surface area contributed by atoms with Gasteiger partial charge in [-0.3, -0.25) is 0 Å². The van der Waals surface area contributed by atoms with Gasteiger partial charge in [0.2, 0.25) is 0 Å². The lowest BCUT2D eigenvalue weighted by Crippen LogP contribution is -2.26. The first-order valence-electron chi connectivity index (χ1n) is 5.30.